The summed E-state index contributed by atoms with van der Waals surface area (Å²) in [5.74, 6) is 0.244. The van der Waals surface area contributed by atoms with Crippen LogP contribution in [0.4, 0.5) is 5.69 Å². The van der Waals surface area contributed by atoms with Gasteiger partial charge in [0.2, 0.25) is 0 Å². The lowest BCUT2D eigenvalue weighted by atomic mass is 10.0. The molecular weight excluding hydrogens is 282 g/mol. The standard InChI is InChI=1S/C14H10ClNO4/c1-20-11-5-2-9(3-6-11)14(17)12-8-10(16(18)19)4-7-13(12)15/h2-8H,1H3. The maximum atomic E-state index is 12.3. The van der Waals surface area contributed by atoms with Crippen LogP contribution in [-0.2, 0) is 0 Å². The van der Waals surface area contributed by atoms with Gasteiger partial charge >= 0.3 is 0 Å². The summed E-state index contributed by atoms with van der Waals surface area (Å²) in [7, 11) is 1.52. The van der Waals surface area contributed by atoms with Gasteiger partial charge in [0.25, 0.3) is 5.69 Å². The number of ether oxygens (including phenoxy) is 1. The van der Waals surface area contributed by atoms with Crippen LogP contribution in [0.2, 0.25) is 5.02 Å². The summed E-state index contributed by atoms with van der Waals surface area (Å²) in [5, 5.41) is 10.9. The first kappa shape index (κ1) is 14.0. The van der Waals surface area contributed by atoms with Gasteiger partial charge in [0, 0.05) is 23.3 Å². The fourth-order valence-electron chi connectivity index (χ4n) is 1.70. The normalized spacial score (nSPS) is 10.1. The van der Waals surface area contributed by atoms with Crippen molar-refractivity contribution in [3.63, 3.8) is 0 Å². The molecule has 0 aromatic heterocycles. The van der Waals surface area contributed by atoms with Crippen molar-refractivity contribution >= 4 is 23.1 Å². The second kappa shape index (κ2) is 5.71. The van der Waals surface area contributed by atoms with E-state index >= 15 is 0 Å². The molecule has 0 aliphatic carbocycles. The Balaban J connectivity index is 2.41. The maximum absolute atomic E-state index is 12.3. The molecule has 0 aliphatic rings. The number of rotatable bonds is 4. The van der Waals surface area contributed by atoms with Crippen LogP contribution in [0.15, 0.2) is 42.5 Å². The molecule has 6 heteroatoms. The Morgan fingerprint density at radius 1 is 1.20 bits per heavy atom. The fraction of sp³-hybridized carbons (Fsp3) is 0.0714. The first-order valence-electron chi connectivity index (χ1n) is 5.65. The molecule has 2 rings (SSSR count). The lowest BCUT2D eigenvalue weighted by Crippen LogP contribution is -2.03. The molecule has 0 bridgehead atoms. The Bertz CT molecular complexity index is 667. The molecule has 0 fully saturated rings. The van der Waals surface area contributed by atoms with Gasteiger partial charge in [0.1, 0.15) is 5.75 Å². The molecule has 0 aliphatic heterocycles. The van der Waals surface area contributed by atoms with E-state index in [0.717, 1.165) is 0 Å². The highest BCUT2D eigenvalue weighted by atomic mass is 35.5. The van der Waals surface area contributed by atoms with E-state index in [2.05, 4.69) is 0 Å². The zero-order chi connectivity index (χ0) is 14.7. The smallest absolute Gasteiger partial charge is 0.270 e. The highest BCUT2D eigenvalue weighted by Crippen LogP contribution is 2.25. The van der Waals surface area contributed by atoms with E-state index in [9.17, 15) is 14.9 Å². The van der Waals surface area contributed by atoms with Crippen molar-refractivity contribution in [2.45, 2.75) is 0 Å². The van der Waals surface area contributed by atoms with Gasteiger partial charge in [0.15, 0.2) is 5.78 Å². The van der Waals surface area contributed by atoms with Crippen molar-refractivity contribution in [1.29, 1.82) is 0 Å². The predicted molar refractivity (Wildman–Crippen MR) is 74.5 cm³/mol. The molecule has 0 atom stereocenters. The number of halogens is 1. The third-order valence-electron chi connectivity index (χ3n) is 2.76. The summed E-state index contributed by atoms with van der Waals surface area (Å²) in [6.07, 6.45) is 0. The summed E-state index contributed by atoms with van der Waals surface area (Å²) in [4.78, 5) is 22.5. The molecule has 0 saturated carbocycles. The first-order chi connectivity index (χ1) is 9.52. The number of carbonyl (C=O) groups excluding carboxylic acids is 1. The number of nitrogens with zero attached hydrogens (tertiary/aromatic N) is 1. The van der Waals surface area contributed by atoms with Crippen LogP contribution in [0.3, 0.4) is 0 Å². The lowest BCUT2D eigenvalue weighted by Gasteiger charge is -2.05. The van der Waals surface area contributed by atoms with Crippen molar-refractivity contribution in [2.24, 2.45) is 0 Å². The number of benzene rings is 2. The molecule has 0 saturated heterocycles. The Morgan fingerprint density at radius 3 is 2.40 bits per heavy atom. The quantitative estimate of drug-likeness (QED) is 0.491. The van der Waals surface area contributed by atoms with Gasteiger partial charge in [-0.3, -0.25) is 14.9 Å². The van der Waals surface area contributed by atoms with Crippen molar-refractivity contribution in [2.75, 3.05) is 7.11 Å². The predicted octanol–water partition coefficient (Wildman–Crippen LogP) is 3.49. The Kier molecular flexibility index (Phi) is 4.00. The van der Waals surface area contributed by atoms with Crippen LogP contribution in [0.25, 0.3) is 0 Å². The van der Waals surface area contributed by atoms with Gasteiger partial charge in [-0.2, -0.15) is 0 Å². The zero-order valence-electron chi connectivity index (χ0n) is 10.5. The molecular formula is C14H10ClNO4. The van der Waals surface area contributed by atoms with Crippen molar-refractivity contribution in [3.8, 4) is 5.75 Å². The van der Waals surface area contributed by atoms with Crippen molar-refractivity contribution in [1.82, 2.24) is 0 Å². The second-order valence-electron chi connectivity index (χ2n) is 3.98. The Morgan fingerprint density at radius 2 is 1.85 bits per heavy atom. The molecule has 2 aromatic rings. The molecule has 20 heavy (non-hydrogen) atoms. The Hall–Kier alpha value is -2.40. The first-order valence-corrected chi connectivity index (χ1v) is 6.03. The van der Waals surface area contributed by atoms with Crippen LogP contribution < -0.4 is 4.74 Å². The molecule has 0 unspecified atom stereocenters. The van der Waals surface area contributed by atoms with Gasteiger partial charge < -0.3 is 4.74 Å². The number of carbonyl (C=O) groups is 1. The number of non-ortho nitro benzene ring substituents is 1. The lowest BCUT2D eigenvalue weighted by molar-refractivity contribution is -0.384. The third kappa shape index (κ3) is 2.78. The van der Waals surface area contributed by atoms with E-state index in [0.29, 0.717) is 11.3 Å². The van der Waals surface area contributed by atoms with E-state index in [1.807, 2.05) is 0 Å². The topological polar surface area (TPSA) is 69.4 Å². The van der Waals surface area contributed by atoms with Gasteiger partial charge in [-0.25, -0.2) is 0 Å². The van der Waals surface area contributed by atoms with E-state index in [4.69, 9.17) is 16.3 Å². The number of methoxy groups -OCH3 is 1. The van der Waals surface area contributed by atoms with Crippen LogP contribution >= 0.6 is 11.6 Å². The van der Waals surface area contributed by atoms with Crippen molar-refractivity contribution < 1.29 is 14.5 Å². The third-order valence-corrected chi connectivity index (χ3v) is 3.09. The van der Waals surface area contributed by atoms with E-state index in [1.165, 1.54) is 25.3 Å². The average molecular weight is 292 g/mol. The Labute approximate surface area is 119 Å². The second-order valence-corrected chi connectivity index (χ2v) is 4.39. The van der Waals surface area contributed by atoms with E-state index < -0.39 is 4.92 Å². The molecule has 0 heterocycles. The zero-order valence-corrected chi connectivity index (χ0v) is 11.3. The molecule has 0 amide bonds. The van der Waals surface area contributed by atoms with Gasteiger partial charge in [-0.05, 0) is 30.3 Å². The summed E-state index contributed by atoms with van der Waals surface area (Å²) in [6, 6.07) is 10.2. The number of hydrogen-bond donors (Lipinski definition) is 0. The summed E-state index contributed by atoms with van der Waals surface area (Å²) >= 11 is 5.94. The largest absolute Gasteiger partial charge is 0.497 e. The minimum Gasteiger partial charge on any atom is -0.497 e. The van der Waals surface area contributed by atoms with Gasteiger partial charge in [-0.1, -0.05) is 11.6 Å². The molecule has 0 N–H and O–H groups in total. The fourth-order valence-corrected chi connectivity index (χ4v) is 1.90. The molecule has 0 spiro atoms. The highest BCUT2D eigenvalue weighted by Gasteiger charge is 2.17. The molecule has 5 nitrogen and oxygen atoms in total. The SMILES string of the molecule is COc1ccc(C(=O)c2cc([N+](=O)[O-])ccc2Cl)cc1. The van der Waals surface area contributed by atoms with Crippen LogP contribution in [0.1, 0.15) is 15.9 Å². The monoisotopic (exact) mass is 291 g/mol. The minimum absolute atomic E-state index is 0.103. The number of nitro groups is 1. The number of hydrogen-bond acceptors (Lipinski definition) is 4. The van der Waals surface area contributed by atoms with Crippen LogP contribution in [0.5, 0.6) is 5.75 Å². The summed E-state index contributed by atoms with van der Waals surface area (Å²) < 4.78 is 5.00. The minimum atomic E-state index is -0.568. The number of ketones is 1. The molecule has 0 radical (unpaired) electrons. The van der Waals surface area contributed by atoms with Crippen LogP contribution in [0, 0.1) is 10.1 Å². The van der Waals surface area contributed by atoms with E-state index in [-0.39, 0.29) is 22.1 Å². The van der Waals surface area contributed by atoms with Gasteiger partial charge in [-0.15, -0.1) is 0 Å². The van der Waals surface area contributed by atoms with Gasteiger partial charge in [0.05, 0.1) is 17.1 Å². The summed E-state index contributed by atoms with van der Waals surface area (Å²) in [5.41, 5.74) is 0.311. The van der Waals surface area contributed by atoms with Crippen molar-refractivity contribution in [3.05, 3.63) is 68.7 Å². The summed E-state index contributed by atoms with van der Waals surface area (Å²) in [6.45, 7) is 0. The maximum Gasteiger partial charge on any atom is 0.270 e. The molecule has 102 valence electrons. The van der Waals surface area contributed by atoms with Crippen LogP contribution in [-0.4, -0.2) is 17.8 Å². The number of nitro benzene ring substituents is 1. The average Bonchev–Trinajstić information content (AvgIpc) is 2.47. The highest BCUT2D eigenvalue weighted by molar-refractivity contribution is 6.35. The van der Waals surface area contributed by atoms with E-state index in [1.54, 1.807) is 24.3 Å². The molecule has 2 aromatic carbocycles.